The van der Waals surface area contributed by atoms with Crippen LogP contribution in [0.5, 0.6) is 0 Å². The molecule has 0 aromatic heterocycles. The molecular formula is C27H48O4. The molecule has 31 heavy (non-hydrogen) atoms. The van der Waals surface area contributed by atoms with Gasteiger partial charge in [0.15, 0.2) is 0 Å². The summed E-state index contributed by atoms with van der Waals surface area (Å²) in [4.78, 5) is 0. The highest BCUT2D eigenvalue weighted by Gasteiger charge is 2.65. The lowest BCUT2D eigenvalue weighted by molar-refractivity contribution is -0.207. The van der Waals surface area contributed by atoms with Crippen molar-refractivity contribution in [3.05, 3.63) is 0 Å². The minimum Gasteiger partial charge on any atom is -0.396 e. The molecule has 4 aliphatic rings. The number of hydrogen-bond acceptors (Lipinski definition) is 4. The zero-order chi connectivity index (χ0) is 22.6. The van der Waals surface area contributed by atoms with Gasteiger partial charge in [0.1, 0.15) is 0 Å². The molecule has 0 heterocycles. The second-order valence-corrected chi connectivity index (χ2v) is 12.7. The molecule has 0 saturated heterocycles. The number of aliphatic hydroxyl groups excluding tert-OH is 4. The molecule has 180 valence electrons. The summed E-state index contributed by atoms with van der Waals surface area (Å²) in [7, 11) is 0. The molecular weight excluding hydrogens is 388 g/mol. The highest BCUT2D eigenvalue weighted by atomic mass is 16.3. The first-order valence-corrected chi connectivity index (χ1v) is 13.3. The maximum absolute atomic E-state index is 11.6. The summed E-state index contributed by atoms with van der Waals surface area (Å²) >= 11 is 0. The molecule has 4 N–H and O–H groups in total. The quantitative estimate of drug-likeness (QED) is 0.498. The minimum atomic E-state index is -0.292. The Morgan fingerprint density at radius 2 is 1.65 bits per heavy atom. The van der Waals surface area contributed by atoms with Crippen LogP contribution in [-0.4, -0.2) is 45.3 Å². The summed E-state index contributed by atoms with van der Waals surface area (Å²) < 4.78 is 0. The molecule has 4 saturated carbocycles. The van der Waals surface area contributed by atoms with Gasteiger partial charge in [-0.3, -0.25) is 0 Å². The van der Waals surface area contributed by atoms with E-state index >= 15 is 0 Å². The van der Waals surface area contributed by atoms with Crippen LogP contribution in [0.3, 0.4) is 0 Å². The maximum Gasteiger partial charge on any atom is 0.0602 e. The second-order valence-electron chi connectivity index (χ2n) is 12.7. The summed E-state index contributed by atoms with van der Waals surface area (Å²) in [6.07, 6.45) is 9.27. The van der Waals surface area contributed by atoms with Crippen LogP contribution in [0.2, 0.25) is 0 Å². The predicted octanol–water partition coefficient (Wildman–Crippen LogP) is 4.38. The zero-order valence-electron chi connectivity index (χ0n) is 20.3. The Morgan fingerprint density at radius 3 is 2.35 bits per heavy atom. The number of aliphatic hydroxyl groups is 4. The monoisotopic (exact) mass is 436 g/mol. The van der Waals surface area contributed by atoms with E-state index in [1.807, 2.05) is 0 Å². The van der Waals surface area contributed by atoms with E-state index in [9.17, 15) is 20.4 Å². The van der Waals surface area contributed by atoms with Crippen LogP contribution in [0.4, 0.5) is 0 Å². The smallest absolute Gasteiger partial charge is 0.0602 e. The standard InChI is InChI=1S/C27H48O4/c1-16(15-28)6-5-7-17(2)20-8-9-21-25-22(14-24(31)27(20,21)4)26(3)11-10-19(29)12-18(26)13-23(25)30/h16-25,28-31H,5-15H2,1-4H3/t16?,17?,18-,19-,20?,21?,22?,23?,24+,25?,26?,27?/m1/s1. The topological polar surface area (TPSA) is 80.9 Å². The van der Waals surface area contributed by atoms with Gasteiger partial charge in [0, 0.05) is 6.61 Å². The van der Waals surface area contributed by atoms with Crippen LogP contribution in [0.15, 0.2) is 0 Å². The molecule has 0 aliphatic heterocycles. The van der Waals surface area contributed by atoms with Gasteiger partial charge in [-0.05, 0) is 104 Å². The number of fused-ring (bicyclic) bond motifs is 5. The lowest BCUT2D eigenvalue weighted by Crippen LogP contribution is -2.62. The van der Waals surface area contributed by atoms with Crippen LogP contribution in [0.25, 0.3) is 0 Å². The van der Waals surface area contributed by atoms with Gasteiger partial charge in [0.2, 0.25) is 0 Å². The van der Waals surface area contributed by atoms with Crippen molar-refractivity contribution in [2.75, 3.05) is 6.61 Å². The molecule has 4 aliphatic carbocycles. The van der Waals surface area contributed by atoms with Crippen molar-refractivity contribution in [3.63, 3.8) is 0 Å². The van der Waals surface area contributed by atoms with E-state index < -0.39 is 0 Å². The van der Waals surface area contributed by atoms with Crippen LogP contribution >= 0.6 is 0 Å². The fourth-order valence-corrected chi connectivity index (χ4v) is 9.21. The van der Waals surface area contributed by atoms with E-state index in [0.717, 1.165) is 51.4 Å². The van der Waals surface area contributed by atoms with Crippen LogP contribution in [-0.2, 0) is 0 Å². The largest absolute Gasteiger partial charge is 0.396 e. The lowest BCUT2D eigenvalue weighted by atomic mass is 9.43. The van der Waals surface area contributed by atoms with Crippen molar-refractivity contribution < 1.29 is 20.4 Å². The van der Waals surface area contributed by atoms with Crippen molar-refractivity contribution in [1.29, 1.82) is 0 Å². The van der Waals surface area contributed by atoms with Crippen molar-refractivity contribution in [2.45, 2.75) is 110 Å². The Hall–Kier alpha value is -0.160. The van der Waals surface area contributed by atoms with Gasteiger partial charge in [-0.1, -0.05) is 40.5 Å². The van der Waals surface area contributed by atoms with E-state index in [4.69, 9.17) is 0 Å². The first-order chi connectivity index (χ1) is 14.6. The summed E-state index contributed by atoms with van der Waals surface area (Å²) in [6.45, 7) is 9.51. The second kappa shape index (κ2) is 8.89. The molecule has 4 rings (SSSR count). The molecule has 4 nitrogen and oxygen atoms in total. The van der Waals surface area contributed by atoms with Crippen LogP contribution < -0.4 is 0 Å². The van der Waals surface area contributed by atoms with Crippen molar-refractivity contribution in [2.24, 2.45) is 52.3 Å². The zero-order valence-corrected chi connectivity index (χ0v) is 20.3. The Balaban J connectivity index is 1.52. The lowest BCUT2D eigenvalue weighted by Gasteiger charge is -2.63. The fraction of sp³-hybridized carbons (Fsp3) is 1.00. The molecule has 4 fully saturated rings. The maximum atomic E-state index is 11.6. The third-order valence-corrected chi connectivity index (χ3v) is 11.2. The Bertz CT molecular complexity index is 624. The van der Waals surface area contributed by atoms with Crippen molar-refractivity contribution >= 4 is 0 Å². The molecule has 12 atom stereocenters. The normalized spacial score (nSPS) is 51.5. The molecule has 0 amide bonds. The Morgan fingerprint density at radius 1 is 0.903 bits per heavy atom. The van der Waals surface area contributed by atoms with Gasteiger partial charge in [0.25, 0.3) is 0 Å². The van der Waals surface area contributed by atoms with Gasteiger partial charge in [0.05, 0.1) is 18.3 Å². The number of hydrogen-bond donors (Lipinski definition) is 4. The highest BCUT2D eigenvalue weighted by molar-refractivity contribution is 5.14. The van der Waals surface area contributed by atoms with E-state index in [1.54, 1.807) is 0 Å². The average Bonchev–Trinajstić information content (AvgIpc) is 3.08. The Kier molecular flexibility index (Phi) is 6.88. The number of rotatable bonds is 6. The molecule has 0 bridgehead atoms. The summed E-state index contributed by atoms with van der Waals surface area (Å²) in [6, 6.07) is 0. The van der Waals surface area contributed by atoms with Gasteiger partial charge in [-0.2, -0.15) is 0 Å². The molecule has 0 radical (unpaired) electrons. The van der Waals surface area contributed by atoms with E-state index in [-0.39, 0.29) is 35.7 Å². The third kappa shape index (κ3) is 3.92. The van der Waals surface area contributed by atoms with Gasteiger partial charge < -0.3 is 20.4 Å². The molecule has 0 spiro atoms. The third-order valence-electron chi connectivity index (χ3n) is 11.2. The predicted molar refractivity (Wildman–Crippen MR) is 123 cm³/mol. The average molecular weight is 437 g/mol. The fourth-order valence-electron chi connectivity index (χ4n) is 9.21. The van der Waals surface area contributed by atoms with Gasteiger partial charge >= 0.3 is 0 Å². The first-order valence-electron chi connectivity index (χ1n) is 13.3. The van der Waals surface area contributed by atoms with Crippen LogP contribution in [0.1, 0.15) is 91.9 Å². The Labute approximate surface area is 189 Å². The van der Waals surface area contributed by atoms with Crippen LogP contribution in [0, 0.1) is 52.3 Å². The first kappa shape index (κ1) is 24.0. The van der Waals surface area contributed by atoms with Crippen molar-refractivity contribution in [1.82, 2.24) is 0 Å². The SMILES string of the molecule is CC(CO)CCCC(C)C1CCC2C3C(O)C[C@H]4C[C@H](O)CCC4(C)C3C[C@H](O)C12C. The molecule has 4 heteroatoms. The van der Waals surface area contributed by atoms with E-state index in [1.165, 1.54) is 12.8 Å². The highest BCUT2D eigenvalue weighted by Crippen LogP contribution is 2.68. The molecule has 0 aromatic rings. The van der Waals surface area contributed by atoms with Gasteiger partial charge in [-0.15, -0.1) is 0 Å². The summed E-state index contributed by atoms with van der Waals surface area (Å²) in [5, 5.41) is 42.6. The molecule has 9 unspecified atom stereocenters. The molecule has 0 aromatic carbocycles. The minimum absolute atomic E-state index is 0.0957. The summed E-state index contributed by atoms with van der Waals surface area (Å²) in [5.41, 5.74) is 0.0527. The van der Waals surface area contributed by atoms with E-state index in [2.05, 4.69) is 27.7 Å². The summed E-state index contributed by atoms with van der Waals surface area (Å²) in [5.74, 6) is 2.93. The van der Waals surface area contributed by atoms with Crippen molar-refractivity contribution in [3.8, 4) is 0 Å². The van der Waals surface area contributed by atoms with E-state index in [0.29, 0.717) is 41.4 Å². The van der Waals surface area contributed by atoms with Gasteiger partial charge in [-0.25, -0.2) is 0 Å².